The molecule has 2 rings (SSSR count). The summed E-state index contributed by atoms with van der Waals surface area (Å²) in [5.41, 5.74) is 8.13. The van der Waals surface area contributed by atoms with Crippen LogP contribution in [0.15, 0.2) is 49.4 Å². The standard InChI is InChI=1S/C23H29N5O3/c1-4-10-31-23(30)28(21(13-25)17(3)5-2)22(29)11-20-14-26-16-27(20)15-19-8-6-18(12-24)7-9-19/h4,6-9,14,16-17,21H,1,5,10-11,13,15,25H2,2-3H3/t17-,21+/m0/s1. The van der Waals surface area contributed by atoms with Crippen molar-refractivity contribution in [1.82, 2.24) is 14.5 Å². The molecule has 0 saturated carbocycles. The van der Waals surface area contributed by atoms with Crippen LogP contribution in [-0.2, 0) is 22.5 Å². The summed E-state index contributed by atoms with van der Waals surface area (Å²) >= 11 is 0. The van der Waals surface area contributed by atoms with Crippen molar-refractivity contribution in [3.05, 3.63) is 66.3 Å². The highest BCUT2D eigenvalue weighted by Crippen LogP contribution is 2.18. The summed E-state index contributed by atoms with van der Waals surface area (Å²) in [6, 6.07) is 8.82. The van der Waals surface area contributed by atoms with E-state index in [0.717, 1.165) is 16.9 Å². The van der Waals surface area contributed by atoms with E-state index in [-0.39, 0.29) is 25.5 Å². The molecular formula is C23H29N5O3. The Kier molecular flexibility index (Phi) is 8.97. The highest BCUT2D eigenvalue weighted by Gasteiger charge is 2.33. The third-order valence-corrected chi connectivity index (χ3v) is 5.23. The monoisotopic (exact) mass is 423 g/mol. The van der Waals surface area contributed by atoms with Crippen LogP contribution in [0.3, 0.4) is 0 Å². The van der Waals surface area contributed by atoms with Crippen LogP contribution in [0, 0.1) is 17.2 Å². The van der Waals surface area contributed by atoms with Crippen molar-refractivity contribution in [2.75, 3.05) is 13.2 Å². The largest absolute Gasteiger partial charge is 0.445 e. The minimum absolute atomic E-state index is 0.0109. The lowest BCUT2D eigenvalue weighted by Gasteiger charge is -2.32. The molecule has 0 unspecified atom stereocenters. The Balaban J connectivity index is 2.22. The lowest BCUT2D eigenvalue weighted by Crippen LogP contribution is -2.52. The third kappa shape index (κ3) is 6.27. The summed E-state index contributed by atoms with van der Waals surface area (Å²) in [6.07, 6.45) is 4.71. The van der Waals surface area contributed by atoms with Crippen LogP contribution in [0.2, 0.25) is 0 Å². The molecule has 0 spiro atoms. The van der Waals surface area contributed by atoms with Gasteiger partial charge in [0.1, 0.15) is 6.61 Å². The van der Waals surface area contributed by atoms with Gasteiger partial charge in [-0.05, 0) is 23.6 Å². The number of rotatable bonds is 10. The van der Waals surface area contributed by atoms with Crippen LogP contribution >= 0.6 is 0 Å². The van der Waals surface area contributed by atoms with E-state index in [4.69, 9.17) is 15.7 Å². The molecule has 1 aromatic heterocycles. The van der Waals surface area contributed by atoms with E-state index in [2.05, 4.69) is 17.6 Å². The van der Waals surface area contributed by atoms with Gasteiger partial charge in [-0.15, -0.1) is 0 Å². The molecule has 2 atom stereocenters. The molecule has 2 aromatic rings. The summed E-state index contributed by atoms with van der Waals surface area (Å²) in [5, 5.41) is 8.94. The molecule has 0 radical (unpaired) electrons. The number of nitrogens with two attached hydrogens (primary N) is 1. The molecule has 1 aromatic carbocycles. The molecule has 164 valence electrons. The minimum atomic E-state index is -0.723. The zero-order valence-corrected chi connectivity index (χ0v) is 18.0. The van der Waals surface area contributed by atoms with Crippen molar-refractivity contribution in [3.8, 4) is 6.07 Å². The van der Waals surface area contributed by atoms with E-state index in [1.165, 1.54) is 6.08 Å². The number of ether oxygens (including phenoxy) is 1. The molecule has 0 aliphatic rings. The maximum atomic E-state index is 13.2. The minimum Gasteiger partial charge on any atom is -0.445 e. The van der Waals surface area contributed by atoms with E-state index in [1.54, 1.807) is 24.7 Å². The van der Waals surface area contributed by atoms with Crippen LogP contribution in [0.4, 0.5) is 4.79 Å². The van der Waals surface area contributed by atoms with Crippen molar-refractivity contribution in [1.29, 1.82) is 5.26 Å². The molecular weight excluding hydrogens is 394 g/mol. The Morgan fingerprint density at radius 1 is 1.39 bits per heavy atom. The number of hydrogen-bond donors (Lipinski definition) is 1. The lowest BCUT2D eigenvalue weighted by molar-refractivity contribution is -0.131. The molecule has 8 heteroatoms. The first-order valence-electron chi connectivity index (χ1n) is 10.2. The van der Waals surface area contributed by atoms with Crippen LogP contribution in [-0.4, -0.2) is 45.6 Å². The molecule has 2 amide bonds. The number of imide groups is 1. The number of amides is 2. The molecule has 2 N–H and O–H groups in total. The van der Waals surface area contributed by atoms with Gasteiger partial charge in [0.05, 0.1) is 30.4 Å². The Morgan fingerprint density at radius 2 is 2.10 bits per heavy atom. The molecule has 0 fully saturated rings. The first-order valence-corrected chi connectivity index (χ1v) is 10.2. The van der Waals surface area contributed by atoms with Gasteiger partial charge in [-0.1, -0.05) is 45.1 Å². The van der Waals surface area contributed by atoms with Gasteiger partial charge in [-0.3, -0.25) is 4.79 Å². The van der Waals surface area contributed by atoms with Crippen LogP contribution in [0.5, 0.6) is 0 Å². The number of carbonyl (C=O) groups excluding carboxylic acids is 2. The van der Waals surface area contributed by atoms with Crippen molar-refractivity contribution >= 4 is 12.0 Å². The van der Waals surface area contributed by atoms with Crippen molar-refractivity contribution in [2.45, 2.75) is 39.3 Å². The summed E-state index contributed by atoms with van der Waals surface area (Å²) in [6.45, 7) is 8.12. The van der Waals surface area contributed by atoms with Gasteiger partial charge in [0, 0.05) is 25.0 Å². The fourth-order valence-corrected chi connectivity index (χ4v) is 3.25. The van der Waals surface area contributed by atoms with Gasteiger partial charge < -0.3 is 15.0 Å². The highest BCUT2D eigenvalue weighted by molar-refractivity contribution is 5.93. The van der Waals surface area contributed by atoms with E-state index < -0.39 is 18.0 Å². The van der Waals surface area contributed by atoms with E-state index in [0.29, 0.717) is 17.8 Å². The predicted octanol–water partition coefficient (Wildman–Crippen LogP) is 2.87. The van der Waals surface area contributed by atoms with Gasteiger partial charge in [-0.25, -0.2) is 14.7 Å². The predicted molar refractivity (Wildman–Crippen MR) is 117 cm³/mol. The maximum Gasteiger partial charge on any atom is 0.417 e. The Labute approximate surface area is 182 Å². The topological polar surface area (TPSA) is 114 Å². The summed E-state index contributed by atoms with van der Waals surface area (Å²) < 4.78 is 7.00. The van der Waals surface area contributed by atoms with Gasteiger partial charge in [0.2, 0.25) is 5.91 Å². The maximum absolute atomic E-state index is 13.2. The number of imidazole rings is 1. The zero-order chi connectivity index (χ0) is 22.8. The second-order valence-electron chi connectivity index (χ2n) is 7.32. The molecule has 8 nitrogen and oxygen atoms in total. The van der Waals surface area contributed by atoms with Crippen LogP contribution in [0.1, 0.15) is 37.1 Å². The van der Waals surface area contributed by atoms with E-state index >= 15 is 0 Å². The Bertz CT molecular complexity index is 929. The molecule has 0 saturated heterocycles. The molecule has 0 aliphatic heterocycles. The fourth-order valence-electron chi connectivity index (χ4n) is 3.25. The first kappa shape index (κ1) is 23.8. The quantitative estimate of drug-likeness (QED) is 0.588. The van der Waals surface area contributed by atoms with Crippen molar-refractivity contribution in [3.63, 3.8) is 0 Å². The number of benzene rings is 1. The molecule has 31 heavy (non-hydrogen) atoms. The second-order valence-corrected chi connectivity index (χ2v) is 7.32. The Morgan fingerprint density at radius 3 is 2.68 bits per heavy atom. The normalized spacial score (nSPS) is 12.5. The summed E-state index contributed by atoms with van der Waals surface area (Å²) in [7, 11) is 0. The van der Waals surface area contributed by atoms with Gasteiger partial charge in [-0.2, -0.15) is 5.26 Å². The summed E-state index contributed by atoms with van der Waals surface area (Å²) in [5.74, 6) is -0.375. The molecule has 0 aliphatic carbocycles. The highest BCUT2D eigenvalue weighted by atomic mass is 16.6. The number of nitrogens with zero attached hydrogens (tertiary/aromatic N) is 4. The average molecular weight is 424 g/mol. The van der Waals surface area contributed by atoms with Crippen molar-refractivity contribution in [2.24, 2.45) is 11.7 Å². The summed E-state index contributed by atoms with van der Waals surface area (Å²) in [4.78, 5) is 31.1. The zero-order valence-electron chi connectivity index (χ0n) is 18.0. The second kappa shape index (κ2) is 11.7. The van der Waals surface area contributed by atoms with Crippen LogP contribution in [0.25, 0.3) is 0 Å². The molecule has 0 bridgehead atoms. The van der Waals surface area contributed by atoms with E-state index in [9.17, 15) is 9.59 Å². The van der Waals surface area contributed by atoms with Crippen LogP contribution < -0.4 is 5.73 Å². The number of aromatic nitrogens is 2. The van der Waals surface area contributed by atoms with Gasteiger partial charge in [0.15, 0.2) is 0 Å². The number of carbonyl (C=O) groups is 2. The van der Waals surface area contributed by atoms with Gasteiger partial charge >= 0.3 is 6.09 Å². The Hall–Kier alpha value is -3.44. The SMILES string of the molecule is C=CCOC(=O)N(C(=O)Cc1cncn1Cc1ccc(C#N)cc1)[C@H](CN)[C@@H](C)CC. The lowest BCUT2D eigenvalue weighted by atomic mass is 9.97. The average Bonchev–Trinajstić information content (AvgIpc) is 3.21. The van der Waals surface area contributed by atoms with E-state index in [1.807, 2.05) is 30.5 Å². The fraction of sp³-hybridized carbons (Fsp3) is 0.391. The number of nitriles is 1. The van der Waals surface area contributed by atoms with Gasteiger partial charge in [0.25, 0.3) is 0 Å². The third-order valence-electron chi connectivity index (χ3n) is 5.23. The molecule has 1 heterocycles. The number of hydrogen-bond acceptors (Lipinski definition) is 6. The first-order chi connectivity index (χ1) is 14.9. The smallest absolute Gasteiger partial charge is 0.417 e. The van der Waals surface area contributed by atoms with Crippen molar-refractivity contribution < 1.29 is 14.3 Å².